The maximum atomic E-state index is 11.5. The minimum Gasteiger partial charge on any atom is -0.298 e. The molecule has 0 atom stereocenters. The van der Waals surface area contributed by atoms with Crippen molar-refractivity contribution < 1.29 is 14.4 Å². The van der Waals surface area contributed by atoms with E-state index in [1.807, 2.05) is 0 Å². The molecule has 16 heavy (non-hydrogen) atoms. The van der Waals surface area contributed by atoms with E-state index < -0.39 is 0 Å². The van der Waals surface area contributed by atoms with Crippen LogP contribution in [0.15, 0.2) is 42.5 Å². The van der Waals surface area contributed by atoms with Gasteiger partial charge >= 0.3 is 0 Å². The van der Waals surface area contributed by atoms with Crippen LogP contribution in [0, 0.1) is 0 Å². The van der Waals surface area contributed by atoms with Gasteiger partial charge in [-0.2, -0.15) is 0 Å². The molecule has 2 rings (SSSR count). The van der Waals surface area contributed by atoms with E-state index in [2.05, 4.69) is 0 Å². The van der Waals surface area contributed by atoms with Crippen LogP contribution in [0.5, 0.6) is 0 Å². The third kappa shape index (κ3) is 1.88. The Balaban J connectivity index is 2.40. The zero-order valence-electron chi connectivity index (χ0n) is 8.34. The SMILES string of the molecule is O=Cc1ccc(C2=CC(=O)C=CC2=O)cc1. The van der Waals surface area contributed by atoms with Gasteiger partial charge in [0.15, 0.2) is 11.6 Å². The summed E-state index contributed by atoms with van der Waals surface area (Å²) in [4.78, 5) is 33.1. The number of benzene rings is 1. The van der Waals surface area contributed by atoms with Gasteiger partial charge in [-0.15, -0.1) is 0 Å². The number of carbonyl (C=O) groups excluding carboxylic acids is 3. The van der Waals surface area contributed by atoms with Crippen molar-refractivity contribution in [1.82, 2.24) is 0 Å². The van der Waals surface area contributed by atoms with Crippen LogP contribution in [0.3, 0.4) is 0 Å². The largest absolute Gasteiger partial charge is 0.298 e. The van der Waals surface area contributed by atoms with Crippen LogP contribution in [-0.2, 0) is 9.59 Å². The molecule has 0 amide bonds. The molecule has 3 heteroatoms. The number of ketones is 2. The monoisotopic (exact) mass is 212 g/mol. The van der Waals surface area contributed by atoms with E-state index in [1.54, 1.807) is 24.3 Å². The maximum Gasteiger partial charge on any atom is 0.186 e. The molecule has 1 aliphatic rings. The van der Waals surface area contributed by atoms with Gasteiger partial charge in [-0.1, -0.05) is 24.3 Å². The average Bonchev–Trinajstić information content (AvgIpc) is 2.32. The molecule has 0 spiro atoms. The fraction of sp³-hybridized carbons (Fsp3) is 0. The highest BCUT2D eigenvalue weighted by atomic mass is 16.1. The molecule has 0 heterocycles. The first-order chi connectivity index (χ1) is 7.70. The first-order valence-corrected chi connectivity index (χ1v) is 4.74. The Morgan fingerprint density at radius 3 is 2.25 bits per heavy atom. The first kappa shape index (κ1) is 10.2. The highest BCUT2D eigenvalue weighted by Crippen LogP contribution is 2.19. The highest BCUT2D eigenvalue weighted by Gasteiger charge is 2.14. The van der Waals surface area contributed by atoms with Crippen molar-refractivity contribution in [2.75, 3.05) is 0 Å². The summed E-state index contributed by atoms with van der Waals surface area (Å²) in [5.41, 5.74) is 1.55. The van der Waals surface area contributed by atoms with Crippen LogP contribution in [0.1, 0.15) is 15.9 Å². The summed E-state index contributed by atoms with van der Waals surface area (Å²) < 4.78 is 0. The molecule has 0 aliphatic heterocycles. The second-order valence-corrected chi connectivity index (χ2v) is 3.40. The fourth-order valence-corrected chi connectivity index (χ4v) is 1.48. The molecule has 1 aliphatic carbocycles. The van der Waals surface area contributed by atoms with Crippen LogP contribution in [0.2, 0.25) is 0 Å². The van der Waals surface area contributed by atoms with E-state index in [0.29, 0.717) is 16.7 Å². The fourth-order valence-electron chi connectivity index (χ4n) is 1.48. The summed E-state index contributed by atoms with van der Waals surface area (Å²) in [6, 6.07) is 6.53. The van der Waals surface area contributed by atoms with Crippen LogP contribution >= 0.6 is 0 Å². The summed E-state index contributed by atoms with van der Waals surface area (Å²) in [7, 11) is 0. The van der Waals surface area contributed by atoms with Crippen molar-refractivity contribution in [3.8, 4) is 0 Å². The molecule has 1 aromatic carbocycles. The number of allylic oxidation sites excluding steroid dienone is 4. The quantitative estimate of drug-likeness (QED) is 0.552. The first-order valence-electron chi connectivity index (χ1n) is 4.74. The predicted octanol–water partition coefficient (Wildman–Crippen LogP) is 1.59. The third-order valence-corrected chi connectivity index (χ3v) is 2.31. The standard InChI is InChI=1S/C13H8O3/c14-8-9-1-3-10(4-2-9)12-7-11(15)5-6-13(12)16/h1-8H. The molecule has 0 unspecified atom stereocenters. The minimum absolute atomic E-state index is 0.196. The molecule has 0 fully saturated rings. The van der Waals surface area contributed by atoms with E-state index in [4.69, 9.17) is 0 Å². The van der Waals surface area contributed by atoms with E-state index in [0.717, 1.165) is 6.29 Å². The van der Waals surface area contributed by atoms with Gasteiger partial charge in [0.25, 0.3) is 0 Å². The zero-order chi connectivity index (χ0) is 11.5. The maximum absolute atomic E-state index is 11.5. The van der Waals surface area contributed by atoms with Crippen molar-refractivity contribution in [3.63, 3.8) is 0 Å². The number of hydrogen-bond donors (Lipinski definition) is 0. The Labute approximate surface area is 92.1 Å². The normalized spacial score (nSPS) is 14.9. The topological polar surface area (TPSA) is 51.2 Å². The zero-order valence-corrected chi connectivity index (χ0v) is 8.34. The van der Waals surface area contributed by atoms with Crippen molar-refractivity contribution in [2.24, 2.45) is 0 Å². The van der Waals surface area contributed by atoms with Crippen molar-refractivity contribution in [2.45, 2.75) is 0 Å². The van der Waals surface area contributed by atoms with Gasteiger partial charge in [0.2, 0.25) is 0 Å². The molecule has 0 radical (unpaired) electrons. The molecule has 0 bridgehead atoms. The average molecular weight is 212 g/mol. The second kappa shape index (κ2) is 4.06. The van der Waals surface area contributed by atoms with Gasteiger partial charge in [0, 0.05) is 11.1 Å². The van der Waals surface area contributed by atoms with Crippen LogP contribution in [0.25, 0.3) is 5.57 Å². The summed E-state index contributed by atoms with van der Waals surface area (Å²) in [5, 5.41) is 0. The summed E-state index contributed by atoms with van der Waals surface area (Å²) >= 11 is 0. The minimum atomic E-state index is -0.200. The molecule has 78 valence electrons. The van der Waals surface area contributed by atoms with Crippen LogP contribution < -0.4 is 0 Å². The Morgan fingerprint density at radius 2 is 1.62 bits per heavy atom. The molecule has 0 N–H and O–H groups in total. The highest BCUT2D eigenvalue weighted by molar-refractivity contribution is 6.33. The summed E-state index contributed by atoms with van der Waals surface area (Å²) in [5.74, 6) is -0.396. The van der Waals surface area contributed by atoms with Gasteiger partial charge in [-0.3, -0.25) is 14.4 Å². The van der Waals surface area contributed by atoms with Gasteiger partial charge in [0.1, 0.15) is 6.29 Å². The van der Waals surface area contributed by atoms with E-state index in [1.165, 1.54) is 18.2 Å². The van der Waals surface area contributed by atoms with E-state index in [-0.39, 0.29) is 11.6 Å². The Kier molecular flexibility index (Phi) is 2.60. The lowest BCUT2D eigenvalue weighted by Gasteiger charge is -2.06. The summed E-state index contributed by atoms with van der Waals surface area (Å²) in [6.45, 7) is 0. The number of aldehydes is 1. The summed E-state index contributed by atoms with van der Waals surface area (Å²) in [6.07, 6.45) is 4.53. The number of rotatable bonds is 2. The lowest BCUT2D eigenvalue weighted by molar-refractivity contribution is -0.113. The molecule has 0 saturated carbocycles. The Morgan fingerprint density at radius 1 is 0.938 bits per heavy atom. The smallest absolute Gasteiger partial charge is 0.186 e. The molecular formula is C13H8O3. The van der Waals surface area contributed by atoms with Crippen molar-refractivity contribution in [1.29, 1.82) is 0 Å². The molecular weight excluding hydrogens is 204 g/mol. The molecule has 0 aromatic heterocycles. The van der Waals surface area contributed by atoms with E-state index in [9.17, 15) is 14.4 Å². The lowest BCUT2D eigenvalue weighted by atomic mass is 9.96. The Bertz CT molecular complexity index is 519. The van der Waals surface area contributed by atoms with Crippen molar-refractivity contribution >= 4 is 23.4 Å². The van der Waals surface area contributed by atoms with Gasteiger partial charge in [0.05, 0.1) is 0 Å². The third-order valence-electron chi connectivity index (χ3n) is 2.31. The van der Waals surface area contributed by atoms with Gasteiger partial charge < -0.3 is 0 Å². The number of carbonyl (C=O) groups is 3. The predicted molar refractivity (Wildman–Crippen MR) is 59.0 cm³/mol. The molecule has 3 nitrogen and oxygen atoms in total. The van der Waals surface area contributed by atoms with Crippen LogP contribution in [-0.4, -0.2) is 17.9 Å². The van der Waals surface area contributed by atoms with E-state index >= 15 is 0 Å². The number of hydrogen-bond acceptors (Lipinski definition) is 3. The Hall–Kier alpha value is -2.29. The second-order valence-electron chi connectivity index (χ2n) is 3.40. The lowest BCUT2D eigenvalue weighted by Crippen LogP contribution is -2.06. The van der Waals surface area contributed by atoms with Crippen molar-refractivity contribution in [3.05, 3.63) is 53.6 Å². The van der Waals surface area contributed by atoms with Crippen LogP contribution in [0.4, 0.5) is 0 Å². The molecule has 0 saturated heterocycles. The van der Waals surface area contributed by atoms with Gasteiger partial charge in [-0.25, -0.2) is 0 Å². The van der Waals surface area contributed by atoms with Gasteiger partial charge in [-0.05, 0) is 23.8 Å². The molecule has 1 aromatic rings.